The summed E-state index contributed by atoms with van der Waals surface area (Å²) in [6.45, 7) is 3.23. The molecule has 0 aromatic carbocycles. The molecule has 1 N–H and O–H groups in total. The van der Waals surface area contributed by atoms with E-state index in [4.69, 9.17) is 4.52 Å². The van der Waals surface area contributed by atoms with E-state index in [1.165, 1.54) is 6.42 Å². The van der Waals surface area contributed by atoms with Crippen LogP contribution in [0.1, 0.15) is 25.3 Å². The molecule has 1 aromatic rings. The van der Waals surface area contributed by atoms with Gasteiger partial charge in [0.05, 0.1) is 6.04 Å². The van der Waals surface area contributed by atoms with E-state index >= 15 is 0 Å². The molecule has 2 rings (SSSR count). The van der Waals surface area contributed by atoms with Crippen molar-refractivity contribution in [2.75, 3.05) is 25.5 Å². The van der Waals surface area contributed by atoms with Gasteiger partial charge < -0.3 is 14.7 Å². The molecule has 1 saturated heterocycles. The summed E-state index contributed by atoms with van der Waals surface area (Å²) in [4.78, 5) is 6.17. The SMILES string of the molecule is CC1CCNC1c1nc(N(C)C)no1. The molecular weight excluding hydrogens is 180 g/mol. The summed E-state index contributed by atoms with van der Waals surface area (Å²) in [5.74, 6) is 1.92. The average Bonchev–Trinajstić information content (AvgIpc) is 2.71. The third kappa shape index (κ3) is 1.59. The van der Waals surface area contributed by atoms with Gasteiger partial charge in [0.25, 0.3) is 5.95 Å². The number of aromatic nitrogens is 2. The zero-order valence-corrected chi connectivity index (χ0v) is 8.82. The highest BCUT2D eigenvalue weighted by molar-refractivity contribution is 5.24. The van der Waals surface area contributed by atoms with Gasteiger partial charge in [0.15, 0.2) is 0 Å². The van der Waals surface area contributed by atoms with E-state index in [-0.39, 0.29) is 6.04 Å². The minimum Gasteiger partial charge on any atom is -0.344 e. The maximum absolute atomic E-state index is 5.22. The first kappa shape index (κ1) is 9.45. The van der Waals surface area contributed by atoms with Gasteiger partial charge in [-0.15, -0.1) is 0 Å². The molecule has 0 spiro atoms. The summed E-state index contributed by atoms with van der Waals surface area (Å²) < 4.78 is 5.22. The van der Waals surface area contributed by atoms with Crippen molar-refractivity contribution < 1.29 is 4.52 Å². The van der Waals surface area contributed by atoms with Crippen molar-refractivity contribution in [3.05, 3.63) is 5.89 Å². The van der Waals surface area contributed by atoms with E-state index in [9.17, 15) is 0 Å². The lowest BCUT2D eigenvalue weighted by molar-refractivity contribution is 0.319. The van der Waals surface area contributed by atoms with Crippen molar-refractivity contribution in [2.24, 2.45) is 5.92 Å². The lowest BCUT2D eigenvalue weighted by atomic mass is 10.0. The topological polar surface area (TPSA) is 54.2 Å². The minimum absolute atomic E-state index is 0.233. The maximum Gasteiger partial charge on any atom is 0.265 e. The smallest absolute Gasteiger partial charge is 0.265 e. The molecule has 1 aromatic heterocycles. The first-order valence-corrected chi connectivity index (χ1v) is 4.93. The van der Waals surface area contributed by atoms with Crippen LogP contribution >= 0.6 is 0 Å². The van der Waals surface area contributed by atoms with Crippen molar-refractivity contribution in [1.29, 1.82) is 0 Å². The van der Waals surface area contributed by atoms with Crippen molar-refractivity contribution >= 4 is 5.95 Å². The molecule has 0 amide bonds. The molecule has 2 heterocycles. The Morgan fingerprint density at radius 1 is 1.50 bits per heavy atom. The fourth-order valence-corrected chi connectivity index (χ4v) is 1.70. The molecule has 0 radical (unpaired) electrons. The van der Waals surface area contributed by atoms with Crippen LogP contribution in [0.15, 0.2) is 4.52 Å². The van der Waals surface area contributed by atoms with Gasteiger partial charge >= 0.3 is 0 Å². The van der Waals surface area contributed by atoms with E-state index in [0.717, 1.165) is 6.54 Å². The summed E-state index contributed by atoms with van der Waals surface area (Å²) in [5.41, 5.74) is 0. The molecule has 14 heavy (non-hydrogen) atoms. The number of hydrogen-bond donors (Lipinski definition) is 1. The molecular formula is C9H16N4O. The quantitative estimate of drug-likeness (QED) is 0.758. The predicted molar refractivity (Wildman–Crippen MR) is 53.1 cm³/mol. The molecule has 1 aliphatic rings. The third-order valence-corrected chi connectivity index (χ3v) is 2.63. The Morgan fingerprint density at radius 2 is 2.29 bits per heavy atom. The summed E-state index contributed by atoms with van der Waals surface area (Å²) in [5, 5.41) is 7.25. The highest BCUT2D eigenvalue weighted by Gasteiger charge is 2.29. The highest BCUT2D eigenvalue weighted by atomic mass is 16.5. The van der Waals surface area contributed by atoms with Gasteiger partial charge in [-0.3, -0.25) is 0 Å². The van der Waals surface area contributed by atoms with Crippen LogP contribution in [0.25, 0.3) is 0 Å². The summed E-state index contributed by atoms with van der Waals surface area (Å²) >= 11 is 0. The second kappa shape index (κ2) is 3.57. The van der Waals surface area contributed by atoms with E-state index in [1.807, 2.05) is 19.0 Å². The predicted octanol–water partition coefficient (Wildman–Crippen LogP) is 0.806. The van der Waals surface area contributed by atoms with E-state index in [1.54, 1.807) is 0 Å². The van der Waals surface area contributed by atoms with Crippen LogP contribution in [0.3, 0.4) is 0 Å². The van der Waals surface area contributed by atoms with Crippen LogP contribution in [0, 0.1) is 5.92 Å². The number of rotatable bonds is 2. The molecule has 5 heteroatoms. The van der Waals surface area contributed by atoms with Crippen LogP contribution in [0.5, 0.6) is 0 Å². The van der Waals surface area contributed by atoms with Crippen LogP contribution < -0.4 is 10.2 Å². The van der Waals surface area contributed by atoms with Crippen molar-refractivity contribution in [1.82, 2.24) is 15.5 Å². The maximum atomic E-state index is 5.22. The Bertz CT molecular complexity index is 310. The minimum atomic E-state index is 0.233. The van der Waals surface area contributed by atoms with Crippen LogP contribution in [-0.2, 0) is 0 Å². The van der Waals surface area contributed by atoms with Gasteiger partial charge in [-0.2, -0.15) is 4.98 Å². The Kier molecular flexibility index (Phi) is 2.41. The molecule has 0 bridgehead atoms. The second-order valence-corrected chi connectivity index (χ2v) is 4.02. The van der Waals surface area contributed by atoms with Gasteiger partial charge in [0.1, 0.15) is 0 Å². The molecule has 1 aliphatic heterocycles. The largest absolute Gasteiger partial charge is 0.344 e. The number of nitrogens with one attached hydrogen (secondary N) is 1. The van der Waals surface area contributed by atoms with E-state index < -0.39 is 0 Å². The van der Waals surface area contributed by atoms with Gasteiger partial charge in [-0.25, -0.2) is 0 Å². The Labute approximate surface area is 83.5 Å². The summed E-state index contributed by atoms with van der Waals surface area (Å²) in [7, 11) is 3.81. The lowest BCUT2D eigenvalue weighted by Crippen LogP contribution is -2.17. The first-order valence-electron chi connectivity index (χ1n) is 4.93. The van der Waals surface area contributed by atoms with Crippen LogP contribution in [0.2, 0.25) is 0 Å². The van der Waals surface area contributed by atoms with Gasteiger partial charge in [0.2, 0.25) is 5.89 Å². The average molecular weight is 196 g/mol. The number of nitrogens with zero attached hydrogens (tertiary/aromatic N) is 3. The molecule has 1 fully saturated rings. The van der Waals surface area contributed by atoms with Gasteiger partial charge in [-0.05, 0) is 24.0 Å². The summed E-state index contributed by atoms with van der Waals surface area (Å²) in [6, 6.07) is 0.233. The Morgan fingerprint density at radius 3 is 2.79 bits per heavy atom. The fraction of sp³-hybridized carbons (Fsp3) is 0.778. The first-order chi connectivity index (χ1) is 6.68. The molecule has 2 atom stereocenters. The number of anilines is 1. The normalized spacial score (nSPS) is 26.8. The highest BCUT2D eigenvalue weighted by Crippen LogP contribution is 2.28. The zero-order chi connectivity index (χ0) is 10.1. The molecule has 2 unspecified atom stereocenters. The van der Waals surface area contributed by atoms with E-state index in [2.05, 4.69) is 22.4 Å². The molecule has 5 nitrogen and oxygen atoms in total. The Balaban J connectivity index is 2.16. The van der Waals surface area contributed by atoms with Crippen LogP contribution in [-0.4, -0.2) is 30.8 Å². The molecule has 0 aliphatic carbocycles. The Hall–Kier alpha value is -1.10. The monoisotopic (exact) mass is 196 g/mol. The van der Waals surface area contributed by atoms with Crippen molar-refractivity contribution in [2.45, 2.75) is 19.4 Å². The molecule has 78 valence electrons. The fourth-order valence-electron chi connectivity index (χ4n) is 1.70. The third-order valence-electron chi connectivity index (χ3n) is 2.63. The zero-order valence-electron chi connectivity index (χ0n) is 8.82. The lowest BCUT2D eigenvalue weighted by Gasteiger charge is -2.09. The molecule has 0 saturated carbocycles. The number of hydrogen-bond acceptors (Lipinski definition) is 5. The van der Waals surface area contributed by atoms with E-state index in [0.29, 0.717) is 17.8 Å². The standard InChI is InChI=1S/C9H16N4O/c1-6-4-5-10-7(6)8-11-9(12-14-8)13(2)3/h6-7,10H,4-5H2,1-3H3. The van der Waals surface area contributed by atoms with Crippen molar-refractivity contribution in [3.63, 3.8) is 0 Å². The van der Waals surface area contributed by atoms with Gasteiger partial charge in [0, 0.05) is 14.1 Å². The van der Waals surface area contributed by atoms with Crippen molar-refractivity contribution in [3.8, 4) is 0 Å². The second-order valence-electron chi connectivity index (χ2n) is 4.02. The summed E-state index contributed by atoms with van der Waals surface area (Å²) in [6.07, 6.45) is 1.17. The van der Waals surface area contributed by atoms with Crippen LogP contribution in [0.4, 0.5) is 5.95 Å². The van der Waals surface area contributed by atoms with Gasteiger partial charge in [-0.1, -0.05) is 6.92 Å².